The molecule has 0 fully saturated rings. The number of hydrogen-bond donors (Lipinski definition) is 2. The third-order valence-corrected chi connectivity index (χ3v) is 4.45. The van der Waals surface area contributed by atoms with Gasteiger partial charge in [0.15, 0.2) is 0 Å². The smallest absolute Gasteiger partial charge is 0.0736 e. The maximum atomic E-state index is 10.2. The highest BCUT2D eigenvalue weighted by atomic mass is 32.2. The second kappa shape index (κ2) is 5.60. The van der Waals surface area contributed by atoms with Crippen LogP contribution < -0.4 is 5.73 Å². The molecule has 0 radical (unpaired) electrons. The Labute approximate surface area is 102 Å². The van der Waals surface area contributed by atoms with E-state index in [-0.39, 0.29) is 0 Å². The number of benzene rings is 1. The summed E-state index contributed by atoms with van der Waals surface area (Å²) in [4.78, 5) is 1.07. The van der Waals surface area contributed by atoms with E-state index in [0.29, 0.717) is 5.75 Å². The molecule has 0 bridgehead atoms. The lowest BCUT2D eigenvalue weighted by atomic mass is 10.0. The first-order valence-electron chi connectivity index (χ1n) is 5.72. The molecule has 90 valence electrons. The molecule has 1 rings (SSSR count). The molecule has 1 aromatic carbocycles. The lowest BCUT2D eigenvalue weighted by Gasteiger charge is -2.24. The SMILES string of the molecule is CCC(O)(CC)CSc1cccc(C)c1N. The summed E-state index contributed by atoms with van der Waals surface area (Å²) in [6, 6.07) is 6.02. The zero-order chi connectivity index (χ0) is 12.2. The molecule has 0 aliphatic heterocycles. The van der Waals surface area contributed by atoms with E-state index in [0.717, 1.165) is 29.0 Å². The molecule has 16 heavy (non-hydrogen) atoms. The lowest BCUT2D eigenvalue weighted by molar-refractivity contribution is 0.0572. The second-order valence-electron chi connectivity index (χ2n) is 4.21. The van der Waals surface area contributed by atoms with Gasteiger partial charge >= 0.3 is 0 Å². The predicted molar refractivity (Wildman–Crippen MR) is 71.8 cm³/mol. The molecule has 1 aromatic rings. The van der Waals surface area contributed by atoms with Crippen LogP contribution in [0, 0.1) is 6.92 Å². The van der Waals surface area contributed by atoms with E-state index in [2.05, 4.69) is 0 Å². The zero-order valence-electron chi connectivity index (χ0n) is 10.3. The summed E-state index contributed by atoms with van der Waals surface area (Å²) in [6.07, 6.45) is 1.56. The van der Waals surface area contributed by atoms with Crippen molar-refractivity contribution in [3.63, 3.8) is 0 Å². The maximum absolute atomic E-state index is 10.2. The summed E-state index contributed by atoms with van der Waals surface area (Å²) in [6.45, 7) is 6.04. The minimum Gasteiger partial charge on any atom is -0.398 e. The Morgan fingerprint density at radius 1 is 1.31 bits per heavy atom. The Morgan fingerprint density at radius 3 is 2.50 bits per heavy atom. The number of hydrogen-bond acceptors (Lipinski definition) is 3. The summed E-state index contributed by atoms with van der Waals surface area (Å²) >= 11 is 1.64. The van der Waals surface area contributed by atoms with E-state index >= 15 is 0 Å². The highest BCUT2D eigenvalue weighted by molar-refractivity contribution is 7.99. The van der Waals surface area contributed by atoms with Crippen molar-refractivity contribution in [2.45, 2.75) is 44.1 Å². The summed E-state index contributed by atoms with van der Waals surface area (Å²) in [5.41, 5.74) is 7.36. The number of aliphatic hydroxyl groups is 1. The van der Waals surface area contributed by atoms with Crippen LogP contribution in [0.2, 0.25) is 0 Å². The molecule has 0 spiro atoms. The highest BCUT2D eigenvalue weighted by Crippen LogP contribution is 2.31. The molecule has 0 aliphatic rings. The van der Waals surface area contributed by atoms with Crippen molar-refractivity contribution in [1.82, 2.24) is 0 Å². The van der Waals surface area contributed by atoms with E-state index in [4.69, 9.17) is 5.73 Å². The molecule has 0 aromatic heterocycles. The van der Waals surface area contributed by atoms with Crippen molar-refractivity contribution in [1.29, 1.82) is 0 Å². The number of anilines is 1. The first kappa shape index (κ1) is 13.4. The first-order chi connectivity index (χ1) is 7.52. The number of nitrogen functional groups attached to an aromatic ring is 1. The van der Waals surface area contributed by atoms with Gasteiger partial charge in [-0.1, -0.05) is 26.0 Å². The third kappa shape index (κ3) is 3.16. The molecule has 3 heteroatoms. The van der Waals surface area contributed by atoms with E-state index in [1.807, 2.05) is 39.0 Å². The van der Waals surface area contributed by atoms with Gasteiger partial charge in [-0.2, -0.15) is 0 Å². The van der Waals surface area contributed by atoms with E-state index in [9.17, 15) is 5.11 Å². The van der Waals surface area contributed by atoms with Crippen LogP contribution >= 0.6 is 11.8 Å². The molecular formula is C13H21NOS. The van der Waals surface area contributed by atoms with Crippen molar-refractivity contribution in [3.8, 4) is 0 Å². The molecule has 0 heterocycles. The van der Waals surface area contributed by atoms with Gasteiger partial charge in [0.1, 0.15) is 0 Å². The van der Waals surface area contributed by atoms with Crippen LogP contribution in [0.15, 0.2) is 23.1 Å². The number of para-hydroxylation sites is 1. The van der Waals surface area contributed by atoms with E-state index in [1.54, 1.807) is 11.8 Å². The number of aryl methyl sites for hydroxylation is 1. The van der Waals surface area contributed by atoms with Gasteiger partial charge in [0.25, 0.3) is 0 Å². The van der Waals surface area contributed by atoms with Crippen molar-refractivity contribution >= 4 is 17.4 Å². The zero-order valence-corrected chi connectivity index (χ0v) is 11.1. The average molecular weight is 239 g/mol. The Bertz CT molecular complexity index is 348. The van der Waals surface area contributed by atoms with Gasteiger partial charge in [-0.05, 0) is 31.4 Å². The van der Waals surface area contributed by atoms with Gasteiger partial charge in [0, 0.05) is 16.3 Å². The Morgan fingerprint density at radius 2 is 1.94 bits per heavy atom. The molecule has 0 aliphatic carbocycles. The monoisotopic (exact) mass is 239 g/mol. The van der Waals surface area contributed by atoms with Crippen molar-refractivity contribution in [2.75, 3.05) is 11.5 Å². The first-order valence-corrected chi connectivity index (χ1v) is 6.71. The molecule has 0 atom stereocenters. The molecule has 2 nitrogen and oxygen atoms in total. The molecule has 0 amide bonds. The minimum atomic E-state index is -0.569. The maximum Gasteiger partial charge on any atom is 0.0736 e. The Kier molecular flexibility index (Phi) is 4.69. The fourth-order valence-electron chi connectivity index (χ4n) is 1.45. The summed E-state index contributed by atoms with van der Waals surface area (Å²) in [7, 11) is 0. The summed E-state index contributed by atoms with van der Waals surface area (Å²) in [5.74, 6) is 0.702. The van der Waals surface area contributed by atoms with E-state index in [1.165, 1.54) is 0 Å². The largest absolute Gasteiger partial charge is 0.398 e. The fraction of sp³-hybridized carbons (Fsp3) is 0.538. The van der Waals surface area contributed by atoms with Crippen molar-refractivity contribution in [2.24, 2.45) is 0 Å². The predicted octanol–water partition coefficient (Wildman–Crippen LogP) is 3.22. The number of rotatable bonds is 5. The van der Waals surface area contributed by atoms with Gasteiger partial charge in [-0.3, -0.25) is 0 Å². The molecule has 3 N–H and O–H groups in total. The number of nitrogens with two attached hydrogens (primary N) is 1. The fourth-order valence-corrected chi connectivity index (χ4v) is 2.77. The Balaban J connectivity index is 2.71. The average Bonchev–Trinajstić information content (AvgIpc) is 2.31. The summed E-state index contributed by atoms with van der Waals surface area (Å²) in [5, 5.41) is 10.2. The third-order valence-electron chi connectivity index (χ3n) is 3.10. The topological polar surface area (TPSA) is 46.2 Å². The normalized spacial score (nSPS) is 11.8. The van der Waals surface area contributed by atoms with Gasteiger partial charge in [-0.25, -0.2) is 0 Å². The van der Waals surface area contributed by atoms with E-state index < -0.39 is 5.60 Å². The quantitative estimate of drug-likeness (QED) is 0.612. The van der Waals surface area contributed by atoms with Crippen LogP contribution in [-0.4, -0.2) is 16.5 Å². The standard InChI is InChI=1S/C13H21NOS/c1-4-13(15,5-2)9-16-11-8-6-7-10(3)12(11)14/h6-8,15H,4-5,9,14H2,1-3H3. The van der Waals surface area contributed by atoms with Gasteiger partial charge in [0.2, 0.25) is 0 Å². The van der Waals surface area contributed by atoms with Crippen LogP contribution in [0.4, 0.5) is 5.69 Å². The Hall–Kier alpha value is -0.670. The van der Waals surface area contributed by atoms with Crippen LogP contribution in [-0.2, 0) is 0 Å². The van der Waals surface area contributed by atoms with Crippen molar-refractivity contribution in [3.05, 3.63) is 23.8 Å². The van der Waals surface area contributed by atoms with Crippen molar-refractivity contribution < 1.29 is 5.11 Å². The van der Waals surface area contributed by atoms with Crippen LogP contribution in [0.1, 0.15) is 32.3 Å². The molecule has 0 saturated heterocycles. The second-order valence-corrected chi connectivity index (χ2v) is 5.22. The molecular weight excluding hydrogens is 218 g/mol. The van der Waals surface area contributed by atoms with Crippen LogP contribution in [0.25, 0.3) is 0 Å². The van der Waals surface area contributed by atoms with Crippen LogP contribution in [0.3, 0.4) is 0 Å². The minimum absolute atomic E-state index is 0.569. The lowest BCUT2D eigenvalue weighted by Crippen LogP contribution is -2.29. The van der Waals surface area contributed by atoms with Gasteiger partial charge in [0.05, 0.1) is 5.60 Å². The van der Waals surface area contributed by atoms with Gasteiger partial charge in [-0.15, -0.1) is 11.8 Å². The molecule has 0 saturated carbocycles. The summed E-state index contributed by atoms with van der Waals surface area (Å²) < 4.78 is 0. The highest BCUT2D eigenvalue weighted by Gasteiger charge is 2.22. The number of thioether (sulfide) groups is 1. The molecule has 0 unspecified atom stereocenters. The van der Waals surface area contributed by atoms with Gasteiger partial charge < -0.3 is 10.8 Å². The van der Waals surface area contributed by atoms with Crippen LogP contribution in [0.5, 0.6) is 0 Å².